The first-order valence-electron chi connectivity index (χ1n) is 8.79. The summed E-state index contributed by atoms with van der Waals surface area (Å²) < 4.78 is 0. The molecule has 4 rings (SSSR count). The predicted molar refractivity (Wildman–Crippen MR) is 99.5 cm³/mol. The third-order valence-corrected chi connectivity index (χ3v) is 4.39. The molecule has 1 fully saturated rings. The van der Waals surface area contributed by atoms with Crippen molar-refractivity contribution in [2.24, 2.45) is 0 Å². The molecule has 0 spiro atoms. The average molecular weight is 342 g/mol. The van der Waals surface area contributed by atoms with Crippen LogP contribution in [0.4, 0.5) is 0 Å². The second-order valence-corrected chi connectivity index (χ2v) is 6.29. The van der Waals surface area contributed by atoms with Gasteiger partial charge in [-0.05, 0) is 37.5 Å². The van der Waals surface area contributed by atoms with Gasteiger partial charge in [-0.1, -0.05) is 30.0 Å². The monoisotopic (exact) mass is 342 g/mol. The normalized spacial score (nSPS) is 13.9. The number of rotatable bonds is 1. The molecular formula is C21H18N4O. The molecule has 0 N–H and O–H groups in total. The first-order chi connectivity index (χ1) is 12.8. The number of pyridine rings is 1. The molecule has 1 amide bonds. The molecule has 128 valence electrons. The fourth-order valence-corrected chi connectivity index (χ4v) is 3.00. The van der Waals surface area contributed by atoms with Crippen LogP contribution in [0.2, 0.25) is 0 Å². The summed E-state index contributed by atoms with van der Waals surface area (Å²) in [6.45, 7) is 1.58. The Balaban J connectivity index is 1.58. The van der Waals surface area contributed by atoms with Crippen molar-refractivity contribution < 1.29 is 4.79 Å². The molecule has 1 aliphatic rings. The minimum Gasteiger partial charge on any atom is -0.337 e. The SMILES string of the molecule is O=C(c1cnc2cc(C#Cc3ccccc3)cnc2n1)N1CCCCC1. The van der Waals surface area contributed by atoms with E-state index in [1.165, 1.54) is 12.6 Å². The summed E-state index contributed by atoms with van der Waals surface area (Å²) in [4.78, 5) is 27.5. The molecule has 1 saturated heterocycles. The van der Waals surface area contributed by atoms with Crippen LogP contribution in [0.25, 0.3) is 11.2 Å². The Morgan fingerprint density at radius 1 is 0.923 bits per heavy atom. The zero-order valence-corrected chi connectivity index (χ0v) is 14.4. The fraction of sp³-hybridized carbons (Fsp3) is 0.238. The maximum atomic E-state index is 12.5. The predicted octanol–water partition coefficient (Wildman–Crippen LogP) is 3.05. The van der Waals surface area contributed by atoms with E-state index < -0.39 is 0 Å². The summed E-state index contributed by atoms with van der Waals surface area (Å²) in [6, 6.07) is 11.6. The Hall–Kier alpha value is -3.26. The summed E-state index contributed by atoms with van der Waals surface area (Å²) in [5.74, 6) is 6.12. The van der Waals surface area contributed by atoms with E-state index >= 15 is 0 Å². The van der Waals surface area contributed by atoms with Gasteiger partial charge in [-0.2, -0.15) is 0 Å². The molecule has 0 saturated carbocycles. The molecule has 3 aromatic rings. The summed E-state index contributed by atoms with van der Waals surface area (Å²) in [6.07, 6.45) is 6.49. The highest BCUT2D eigenvalue weighted by Crippen LogP contribution is 2.14. The second-order valence-electron chi connectivity index (χ2n) is 6.29. The summed E-state index contributed by atoms with van der Waals surface area (Å²) >= 11 is 0. The maximum absolute atomic E-state index is 12.5. The topological polar surface area (TPSA) is 59.0 Å². The fourth-order valence-electron chi connectivity index (χ4n) is 3.00. The molecule has 0 aliphatic carbocycles. The van der Waals surface area contributed by atoms with Gasteiger partial charge in [0.2, 0.25) is 0 Å². The average Bonchev–Trinajstić information content (AvgIpc) is 2.72. The quantitative estimate of drug-likeness (QED) is 0.638. The Kier molecular flexibility index (Phi) is 4.57. The molecule has 0 atom stereocenters. The van der Waals surface area contributed by atoms with E-state index in [2.05, 4.69) is 26.8 Å². The molecule has 5 nitrogen and oxygen atoms in total. The Morgan fingerprint density at radius 3 is 2.50 bits per heavy atom. The second kappa shape index (κ2) is 7.32. The number of piperidine rings is 1. The molecule has 3 heterocycles. The highest BCUT2D eigenvalue weighted by Gasteiger charge is 2.20. The number of benzene rings is 1. The summed E-state index contributed by atoms with van der Waals surface area (Å²) in [5, 5.41) is 0. The molecule has 0 radical (unpaired) electrons. The lowest BCUT2D eigenvalue weighted by Crippen LogP contribution is -2.36. The van der Waals surface area contributed by atoms with Gasteiger partial charge >= 0.3 is 0 Å². The van der Waals surface area contributed by atoms with Gasteiger partial charge in [0.25, 0.3) is 5.91 Å². The largest absolute Gasteiger partial charge is 0.337 e. The smallest absolute Gasteiger partial charge is 0.274 e. The zero-order valence-electron chi connectivity index (χ0n) is 14.4. The number of likely N-dealkylation sites (tertiary alicyclic amines) is 1. The van der Waals surface area contributed by atoms with Crippen LogP contribution in [0.1, 0.15) is 40.9 Å². The van der Waals surface area contributed by atoms with Gasteiger partial charge < -0.3 is 4.90 Å². The third-order valence-electron chi connectivity index (χ3n) is 4.39. The number of hydrogen-bond acceptors (Lipinski definition) is 4. The van der Waals surface area contributed by atoms with Crippen LogP contribution in [0.15, 0.2) is 48.8 Å². The standard InChI is InChI=1S/C21H18N4O/c26-21(25-11-5-2-6-12-25)19-15-22-18-13-17(14-23-20(18)24-19)10-9-16-7-3-1-4-8-16/h1,3-4,7-8,13-15H,2,5-6,11-12H2. The van der Waals surface area contributed by atoms with Gasteiger partial charge in [0, 0.05) is 30.4 Å². The number of hydrogen-bond donors (Lipinski definition) is 0. The van der Waals surface area contributed by atoms with Crippen LogP contribution >= 0.6 is 0 Å². The van der Waals surface area contributed by atoms with Gasteiger partial charge in [-0.3, -0.25) is 9.78 Å². The van der Waals surface area contributed by atoms with E-state index in [1.807, 2.05) is 41.3 Å². The van der Waals surface area contributed by atoms with Crippen molar-refractivity contribution in [3.05, 3.63) is 65.6 Å². The number of aromatic nitrogens is 3. The first kappa shape index (κ1) is 16.2. The van der Waals surface area contributed by atoms with Crippen LogP contribution in [0.3, 0.4) is 0 Å². The molecule has 26 heavy (non-hydrogen) atoms. The lowest BCUT2D eigenvalue weighted by molar-refractivity contribution is 0.0718. The first-order valence-corrected chi connectivity index (χ1v) is 8.79. The van der Waals surface area contributed by atoms with Crippen molar-refractivity contribution in [1.29, 1.82) is 0 Å². The van der Waals surface area contributed by atoms with Gasteiger partial charge in [-0.25, -0.2) is 9.97 Å². The lowest BCUT2D eigenvalue weighted by Gasteiger charge is -2.26. The van der Waals surface area contributed by atoms with Gasteiger partial charge in [-0.15, -0.1) is 0 Å². The van der Waals surface area contributed by atoms with Gasteiger partial charge in [0.05, 0.1) is 6.20 Å². The molecule has 1 aliphatic heterocycles. The van der Waals surface area contributed by atoms with E-state index in [-0.39, 0.29) is 5.91 Å². The number of nitrogens with zero attached hydrogens (tertiary/aromatic N) is 4. The Morgan fingerprint density at radius 2 is 1.69 bits per heavy atom. The van der Waals surface area contributed by atoms with Crippen LogP contribution < -0.4 is 0 Å². The van der Waals surface area contributed by atoms with Crippen molar-refractivity contribution in [2.45, 2.75) is 19.3 Å². The number of carbonyl (C=O) groups excluding carboxylic acids is 1. The Labute approximate surface area is 152 Å². The van der Waals surface area contributed by atoms with Crippen LogP contribution in [0, 0.1) is 11.8 Å². The van der Waals surface area contributed by atoms with Gasteiger partial charge in [0.15, 0.2) is 5.65 Å². The lowest BCUT2D eigenvalue weighted by atomic mass is 10.1. The minimum absolute atomic E-state index is 0.0613. The van der Waals surface area contributed by atoms with Crippen LogP contribution in [-0.4, -0.2) is 38.8 Å². The zero-order chi connectivity index (χ0) is 17.8. The van der Waals surface area contributed by atoms with Gasteiger partial charge in [0.1, 0.15) is 11.2 Å². The molecule has 0 unspecified atom stereocenters. The third kappa shape index (κ3) is 3.55. The highest BCUT2D eigenvalue weighted by molar-refractivity contribution is 5.93. The molecule has 2 aromatic heterocycles. The van der Waals surface area contributed by atoms with E-state index in [4.69, 9.17) is 0 Å². The van der Waals surface area contributed by atoms with E-state index in [0.29, 0.717) is 16.9 Å². The van der Waals surface area contributed by atoms with Crippen molar-refractivity contribution in [2.75, 3.05) is 13.1 Å². The van der Waals surface area contributed by atoms with Crippen molar-refractivity contribution in [1.82, 2.24) is 19.9 Å². The summed E-state index contributed by atoms with van der Waals surface area (Å²) in [5.41, 5.74) is 3.18. The maximum Gasteiger partial charge on any atom is 0.274 e. The van der Waals surface area contributed by atoms with Crippen LogP contribution in [0.5, 0.6) is 0 Å². The van der Waals surface area contributed by atoms with E-state index in [0.717, 1.165) is 37.1 Å². The summed E-state index contributed by atoms with van der Waals surface area (Å²) in [7, 11) is 0. The Bertz CT molecular complexity index is 999. The molecule has 1 aromatic carbocycles. The number of amides is 1. The van der Waals surface area contributed by atoms with Crippen molar-refractivity contribution >= 4 is 17.1 Å². The highest BCUT2D eigenvalue weighted by atomic mass is 16.2. The van der Waals surface area contributed by atoms with Crippen molar-refractivity contribution in [3.63, 3.8) is 0 Å². The molecular weight excluding hydrogens is 324 g/mol. The van der Waals surface area contributed by atoms with Crippen LogP contribution in [-0.2, 0) is 0 Å². The number of carbonyl (C=O) groups is 1. The number of fused-ring (bicyclic) bond motifs is 1. The minimum atomic E-state index is -0.0613. The van der Waals surface area contributed by atoms with Crippen molar-refractivity contribution in [3.8, 4) is 11.8 Å². The molecule has 5 heteroatoms. The van der Waals surface area contributed by atoms with E-state index in [1.54, 1.807) is 6.20 Å². The molecule has 0 bridgehead atoms. The van der Waals surface area contributed by atoms with E-state index in [9.17, 15) is 4.79 Å².